The summed E-state index contributed by atoms with van der Waals surface area (Å²) in [5.74, 6) is -0.748. The molecule has 2 unspecified atom stereocenters. The van der Waals surface area contributed by atoms with E-state index < -0.39 is 97.5 Å². The number of phosphoric acid groups is 2. The Balaban J connectivity index is 5.19. The Bertz CT molecular complexity index is 1800. The van der Waals surface area contributed by atoms with Crippen molar-refractivity contribution in [1.29, 1.82) is 0 Å². The molecule has 0 aromatic heterocycles. The van der Waals surface area contributed by atoms with E-state index in [1.54, 1.807) is 0 Å². The van der Waals surface area contributed by atoms with Gasteiger partial charge >= 0.3 is 39.5 Å². The van der Waals surface area contributed by atoms with Gasteiger partial charge in [-0.2, -0.15) is 0 Å². The summed E-state index contributed by atoms with van der Waals surface area (Å²) in [6.45, 7) is 9.43. The van der Waals surface area contributed by atoms with Crippen LogP contribution in [0.15, 0.2) is 0 Å². The molecule has 19 heteroatoms. The molecule has 0 aromatic rings. The summed E-state index contributed by atoms with van der Waals surface area (Å²) in [5.41, 5.74) is 0. The van der Waals surface area contributed by atoms with Crippen molar-refractivity contribution in [2.75, 3.05) is 39.6 Å². The van der Waals surface area contributed by atoms with Crippen molar-refractivity contribution in [2.45, 2.75) is 400 Å². The number of rotatable bonds is 73. The van der Waals surface area contributed by atoms with Gasteiger partial charge in [0.05, 0.1) is 26.4 Å². The summed E-state index contributed by atoms with van der Waals surface area (Å²) in [6.07, 6.45) is 53.1. The largest absolute Gasteiger partial charge is 0.472 e. The molecule has 0 radical (unpaired) electrons. The van der Waals surface area contributed by atoms with Gasteiger partial charge in [0.15, 0.2) is 12.2 Å². The highest BCUT2D eigenvalue weighted by Crippen LogP contribution is 2.45. The molecule has 0 amide bonds. The molecule has 5 atom stereocenters. The molecule has 0 aliphatic heterocycles. The van der Waals surface area contributed by atoms with Gasteiger partial charge in [0.25, 0.3) is 0 Å². The van der Waals surface area contributed by atoms with Gasteiger partial charge in [-0.3, -0.25) is 37.3 Å². The van der Waals surface area contributed by atoms with E-state index in [2.05, 4.69) is 41.5 Å². The number of aliphatic hydroxyl groups excluding tert-OH is 1. The average Bonchev–Trinajstić information content (AvgIpc) is 1.75. The van der Waals surface area contributed by atoms with Crippen molar-refractivity contribution in [3.8, 4) is 0 Å². The highest BCUT2D eigenvalue weighted by Gasteiger charge is 2.30. The molecule has 0 saturated carbocycles. The van der Waals surface area contributed by atoms with Gasteiger partial charge in [-0.15, -0.1) is 0 Å². The topological polar surface area (TPSA) is 237 Å². The highest BCUT2D eigenvalue weighted by atomic mass is 31.2. The summed E-state index contributed by atoms with van der Waals surface area (Å²) in [5, 5.41) is 10.6. The van der Waals surface area contributed by atoms with E-state index in [4.69, 9.17) is 37.0 Å². The number of carbonyl (C=O) groups excluding carboxylic acids is 4. The van der Waals surface area contributed by atoms with Crippen LogP contribution in [0.5, 0.6) is 0 Å². The van der Waals surface area contributed by atoms with Gasteiger partial charge in [-0.1, -0.05) is 330 Å². The maximum absolute atomic E-state index is 13.1. The fourth-order valence-corrected chi connectivity index (χ4v) is 12.9. The Kier molecular flexibility index (Phi) is 64.6. The SMILES string of the molecule is CCCCCCCCCCCCCCCCCCCCCCC(=O)O[C@H](COC(=O)CCCCCCCCCCCCCCCC)COP(=O)(O)OC[C@@H](O)COP(=O)(O)OC[C@@H](COC(=O)CCCCCCCCC(C)C)OC(=O)CCCCCCCCCC(C)C. The number of carbonyl (C=O) groups is 4. The smallest absolute Gasteiger partial charge is 0.462 e. The first-order valence-electron chi connectivity index (χ1n) is 38.5. The lowest BCUT2D eigenvalue weighted by molar-refractivity contribution is -0.161. The molecule has 0 fully saturated rings. The van der Waals surface area contributed by atoms with Crippen molar-refractivity contribution in [3.05, 3.63) is 0 Å². The third-order valence-electron chi connectivity index (χ3n) is 17.2. The molecule has 0 rings (SSSR count). The van der Waals surface area contributed by atoms with Gasteiger partial charge in [0.1, 0.15) is 19.3 Å². The fourth-order valence-electron chi connectivity index (χ4n) is 11.3. The number of hydrogen-bond donors (Lipinski definition) is 3. The molecule has 552 valence electrons. The monoisotopic (exact) mass is 1370 g/mol. The van der Waals surface area contributed by atoms with Gasteiger partial charge < -0.3 is 33.8 Å². The van der Waals surface area contributed by atoms with Crippen LogP contribution in [-0.2, 0) is 65.4 Å². The second-order valence-electron chi connectivity index (χ2n) is 27.6. The minimum Gasteiger partial charge on any atom is -0.462 e. The van der Waals surface area contributed by atoms with Crippen LogP contribution in [0.4, 0.5) is 0 Å². The van der Waals surface area contributed by atoms with E-state index in [0.29, 0.717) is 37.5 Å². The lowest BCUT2D eigenvalue weighted by Gasteiger charge is -2.21. The number of phosphoric ester groups is 2. The molecule has 0 heterocycles. The third-order valence-corrected chi connectivity index (χ3v) is 19.1. The van der Waals surface area contributed by atoms with Crippen molar-refractivity contribution >= 4 is 39.5 Å². The number of unbranched alkanes of at least 4 members (excludes halogenated alkanes) is 43. The second kappa shape index (κ2) is 66.0. The second-order valence-corrected chi connectivity index (χ2v) is 30.5. The number of esters is 4. The fraction of sp³-hybridized carbons (Fsp3) is 0.946. The van der Waals surface area contributed by atoms with Crippen LogP contribution < -0.4 is 0 Å². The van der Waals surface area contributed by atoms with Crippen molar-refractivity contribution in [2.24, 2.45) is 11.8 Å². The maximum Gasteiger partial charge on any atom is 0.472 e. The van der Waals surface area contributed by atoms with Crippen LogP contribution in [0, 0.1) is 11.8 Å². The summed E-state index contributed by atoms with van der Waals surface area (Å²) < 4.78 is 68.4. The number of ether oxygens (including phenoxy) is 4. The molecule has 0 saturated heterocycles. The zero-order valence-corrected chi connectivity index (χ0v) is 62.3. The molecule has 0 aliphatic carbocycles. The first-order chi connectivity index (χ1) is 44.9. The van der Waals surface area contributed by atoms with E-state index in [9.17, 15) is 43.2 Å². The number of hydrogen-bond acceptors (Lipinski definition) is 15. The zero-order chi connectivity index (χ0) is 68.6. The van der Waals surface area contributed by atoms with Crippen LogP contribution >= 0.6 is 15.6 Å². The molecular weight excluding hydrogens is 1220 g/mol. The predicted molar refractivity (Wildman–Crippen MR) is 377 cm³/mol. The van der Waals surface area contributed by atoms with E-state index in [1.165, 1.54) is 193 Å². The van der Waals surface area contributed by atoms with E-state index in [-0.39, 0.29) is 25.7 Å². The van der Waals surface area contributed by atoms with Crippen molar-refractivity contribution < 1.29 is 80.2 Å². The van der Waals surface area contributed by atoms with E-state index in [1.807, 2.05) is 0 Å². The lowest BCUT2D eigenvalue weighted by atomic mass is 10.0. The summed E-state index contributed by atoms with van der Waals surface area (Å²) in [6, 6.07) is 0. The number of aliphatic hydroxyl groups is 1. The zero-order valence-electron chi connectivity index (χ0n) is 60.6. The summed E-state index contributed by atoms with van der Waals surface area (Å²) in [4.78, 5) is 72.6. The quantitative estimate of drug-likeness (QED) is 0.0222. The Morgan fingerprint density at radius 1 is 0.290 bits per heavy atom. The van der Waals surface area contributed by atoms with Crippen LogP contribution in [0.1, 0.15) is 382 Å². The Hall–Kier alpha value is -1.94. The first-order valence-corrected chi connectivity index (χ1v) is 41.5. The van der Waals surface area contributed by atoms with Gasteiger partial charge in [-0.25, -0.2) is 9.13 Å². The van der Waals surface area contributed by atoms with Crippen LogP contribution in [0.3, 0.4) is 0 Å². The molecule has 0 aromatic carbocycles. The average molecular weight is 1370 g/mol. The predicted octanol–water partition coefficient (Wildman–Crippen LogP) is 21.6. The van der Waals surface area contributed by atoms with Gasteiger partial charge in [-0.05, 0) is 37.5 Å². The maximum atomic E-state index is 13.1. The minimum atomic E-state index is -4.95. The minimum absolute atomic E-state index is 0.103. The molecule has 0 aliphatic rings. The lowest BCUT2D eigenvalue weighted by Crippen LogP contribution is -2.30. The van der Waals surface area contributed by atoms with E-state index in [0.717, 1.165) is 96.3 Å². The van der Waals surface area contributed by atoms with Crippen LogP contribution in [0.25, 0.3) is 0 Å². The summed E-state index contributed by atoms with van der Waals surface area (Å²) in [7, 11) is -9.90. The van der Waals surface area contributed by atoms with Crippen LogP contribution in [-0.4, -0.2) is 96.7 Å². The van der Waals surface area contributed by atoms with Gasteiger partial charge in [0.2, 0.25) is 0 Å². The molecule has 17 nitrogen and oxygen atoms in total. The standard InChI is InChI=1S/C74H144O17P2/c1-7-9-11-13-15-17-19-21-23-24-25-26-27-28-30-32-34-38-46-52-58-73(78)90-69(62-84-71(76)56-50-44-37-33-31-29-22-20-18-16-14-12-10-8-2)64-88-92(80,81)86-60-68(75)61-87-93(82,83)89-65-70(63-85-72(77)57-51-45-41-40-43-49-55-67(5)6)91-74(79)59-53-47-39-35-36-42-48-54-66(3)4/h66-70,75H,7-65H2,1-6H3,(H,80,81)(H,82,83)/t68-,69-,70-/m1/s1. The highest BCUT2D eigenvalue weighted by molar-refractivity contribution is 7.47. The molecule has 0 bridgehead atoms. The molecule has 3 N–H and O–H groups in total. The summed E-state index contributed by atoms with van der Waals surface area (Å²) >= 11 is 0. The molecule has 93 heavy (non-hydrogen) atoms. The first kappa shape index (κ1) is 91.1. The van der Waals surface area contributed by atoms with E-state index >= 15 is 0 Å². The third kappa shape index (κ3) is 68.4. The van der Waals surface area contributed by atoms with Crippen molar-refractivity contribution in [1.82, 2.24) is 0 Å². The molecule has 0 spiro atoms. The Morgan fingerprint density at radius 2 is 0.495 bits per heavy atom. The molecular formula is C74H144O17P2. The Morgan fingerprint density at radius 3 is 0.731 bits per heavy atom. The van der Waals surface area contributed by atoms with Crippen molar-refractivity contribution in [3.63, 3.8) is 0 Å². The van der Waals surface area contributed by atoms with Gasteiger partial charge in [0, 0.05) is 25.7 Å². The Labute approximate surface area is 568 Å². The van der Waals surface area contributed by atoms with Crippen LogP contribution in [0.2, 0.25) is 0 Å². The normalized spacial score (nSPS) is 14.1.